The molecule has 0 aliphatic carbocycles. The zero-order valence-electron chi connectivity index (χ0n) is 14.5. The van der Waals surface area contributed by atoms with Crippen molar-refractivity contribution >= 4 is 37.0 Å². The molecule has 1 fully saturated rings. The van der Waals surface area contributed by atoms with Crippen LogP contribution < -0.4 is 5.69 Å². The number of aromatic nitrogens is 2. The number of hydrogen-bond donors (Lipinski definition) is 1. The number of rotatable bonds is 4. The lowest BCUT2D eigenvalue weighted by Crippen LogP contribution is -2.49. The first-order valence-corrected chi connectivity index (χ1v) is 10.8. The summed E-state index contributed by atoms with van der Waals surface area (Å²) in [5.41, 5.74) is 1.51. The molecular formula is C18H19BrN4O3S. The van der Waals surface area contributed by atoms with E-state index in [2.05, 4.69) is 25.8 Å². The number of hydrogen-bond acceptors (Lipinski definition) is 4. The molecule has 0 radical (unpaired) electrons. The fourth-order valence-corrected chi connectivity index (χ4v) is 5.35. The van der Waals surface area contributed by atoms with E-state index in [0.717, 1.165) is 15.5 Å². The molecule has 2 aromatic carbocycles. The van der Waals surface area contributed by atoms with Crippen molar-refractivity contribution < 1.29 is 8.42 Å². The fourth-order valence-electron chi connectivity index (χ4n) is 3.34. The van der Waals surface area contributed by atoms with E-state index in [1.165, 1.54) is 4.31 Å². The number of para-hydroxylation sites is 2. The van der Waals surface area contributed by atoms with E-state index in [0.29, 0.717) is 32.8 Å². The predicted octanol–water partition coefficient (Wildman–Crippen LogP) is 2.06. The smallest absolute Gasteiger partial charge is 0.306 e. The Morgan fingerprint density at radius 2 is 1.74 bits per heavy atom. The van der Waals surface area contributed by atoms with Crippen molar-refractivity contribution in [2.75, 3.05) is 26.2 Å². The SMILES string of the molecule is O=c1[nH]c2ccccc2n1CN1CCN(S(=O)(=O)c2cccc(Br)c2)CC1. The molecule has 7 nitrogen and oxygen atoms in total. The third-order valence-corrected chi connectivity index (χ3v) is 7.18. The first kappa shape index (κ1) is 18.4. The molecule has 4 rings (SSSR count). The van der Waals surface area contributed by atoms with E-state index in [-0.39, 0.29) is 10.6 Å². The van der Waals surface area contributed by atoms with Crippen LogP contribution in [0.2, 0.25) is 0 Å². The maximum atomic E-state index is 12.8. The zero-order valence-corrected chi connectivity index (χ0v) is 16.9. The summed E-state index contributed by atoms with van der Waals surface area (Å²) in [7, 11) is -3.51. The molecule has 1 N–H and O–H groups in total. The van der Waals surface area contributed by atoms with Crippen LogP contribution in [0.3, 0.4) is 0 Å². The second-order valence-electron chi connectivity index (χ2n) is 6.50. The van der Waals surface area contributed by atoms with E-state index in [4.69, 9.17) is 0 Å². The maximum absolute atomic E-state index is 12.8. The Morgan fingerprint density at radius 1 is 1.00 bits per heavy atom. The maximum Gasteiger partial charge on any atom is 0.327 e. The van der Waals surface area contributed by atoms with Gasteiger partial charge in [-0.2, -0.15) is 4.31 Å². The molecule has 9 heteroatoms. The lowest BCUT2D eigenvalue weighted by atomic mass is 10.3. The van der Waals surface area contributed by atoms with E-state index in [9.17, 15) is 13.2 Å². The van der Waals surface area contributed by atoms with Crippen LogP contribution >= 0.6 is 15.9 Å². The van der Waals surface area contributed by atoms with Crippen LogP contribution in [0.5, 0.6) is 0 Å². The van der Waals surface area contributed by atoms with Gasteiger partial charge in [-0.05, 0) is 30.3 Å². The molecule has 1 aliphatic rings. The first-order chi connectivity index (χ1) is 12.9. The molecule has 142 valence electrons. The van der Waals surface area contributed by atoms with Gasteiger partial charge in [0.2, 0.25) is 10.0 Å². The normalized spacial score (nSPS) is 16.8. The van der Waals surface area contributed by atoms with Gasteiger partial charge in [0.1, 0.15) is 0 Å². The van der Waals surface area contributed by atoms with Crippen molar-refractivity contribution in [1.29, 1.82) is 0 Å². The number of nitrogens with zero attached hydrogens (tertiary/aromatic N) is 3. The summed E-state index contributed by atoms with van der Waals surface area (Å²) in [6, 6.07) is 14.3. The summed E-state index contributed by atoms with van der Waals surface area (Å²) in [4.78, 5) is 17.5. The van der Waals surface area contributed by atoms with E-state index < -0.39 is 10.0 Å². The Bertz CT molecular complexity index is 1130. The number of nitrogens with one attached hydrogen (secondary N) is 1. The summed E-state index contributed by atoms with van der Waals surface area (Å²) in [5, 5.41) is 0. The largest absolute Gasteiger partial charge is 0.327 e. The van der Waals surface area contributed by atoms with Crippen molar-refractivity contribution in [3.05, 3.63) is 63.5 Å². The highest BCUT2D eigenvalue weighted by Crippen LogP contribution is 2.21. The molecule has 27 heavy (non-hydrogen) atoms. The minimum Gasteiger partial charge on any atom is -0.306 e. The van der Waals surface area contributed by atoms with Crippen molar-refractivity contribution in [3.63, 3.8) is 0 Å². The molecule has 3 aromatic rings. The van der Waals surface area contributed by atoms with Gasteiger partial charge in [-0.3, -0.25) is 9.47 Å². The van der Waals surface area contributed by atoms with Crippen LogP contribution in [0.1, 0.15) is 0 Å². The predicted molar refractivity (Wildman–Crippen MR) is 107 cm³/mol. The fraction of sp³-hybridized carbons (Fsp3) is 0.278. The van der Waals surface area contributed by atoms with Crippen LogP contribution in [0.25, 0.3) is 11.0 Å². The van der Waals surface area contributed by atoms with Crippen molar-refractivity contribution in [3.8, 4) is 0 Å². The molecule has 0 bridgehead atoms. The van der Waals surface area contributed by atoms with Gasteiger partial charge in [0.25, 0.3) is 0 Å². The third kappa shape index (κ3) is 3.60. The highest BCUT2D eigenvalue weighted by atomic mass is 79.9. The van der Waals surface area contributed by atoms with Gasteiger partial charge in [-0.25, -0.2) is 13.2 Å². The van der Waals surface area contributed by atoms with Crippen LogP contribution in [0.4, 0.5) is 0 Å². The minimum atomic E-state index is -3.51. The average Bonchev–Trinajstić information content (AvgIpc) is 2.98. The summed E-state index contributed by atoms with van der Waals surface area (Å²) < 4.78 is 29.6. The molecule has 0 atom stereocenters. The molecule has 0 spiro atoms. The van der Waals surface area contributed by atoms with Gasteiger partial charge in [-0.15, -0.1) is 0 Å². The quantitative estimate of drug-likeness (QED) is 0.659. The Morgan fingerprint density at radius 3 is 2.48 bits per heavy atom. The molecule has 2 heterocycles. The average molecular weight is 451 g/mol. The Kier molecular flexibility index (Phi) is 4.94. The minimum absolute atomic E-state index is 0.152. The van der Waals surface area contributed by atoms with Crippen molar-refractivity contribution in [2.45, 2.75) is 11.6 Å². The number of halogens is 1. The van der Waals surface area contributed by atoms with Gasteiger partial charge >= 0.3 is 5.69 Å². The number of aromatic amines is 1. The molecule has 0 amide bonds. The first-order valence-electron chi connectivity index (χ1n) is 8.61. The molecule has 0 saturated carbocycles. The molecule has 0 unspecified atom stereocenters. The molecular weight excluding hydrogens is 432 g/mol. The van der Waals surface area contributed by atoms with Gasteiger partial charge in [0.05, 0.1) is 22.6 Å². The number of sulfonamides is 1. The summed E-state index contributed by atoms with van der Waals surface area (Å²) in [6.07, 6.45) is 0. The van der Waals surface area contributed by atoms with Gasteiger partial charge < -0.3 is 4.98 Å². The highest BCUT2D eigenvalue weighted by Gasteiger charge is 2.28. The van der Waals surface area contributed by atoms with Crippen LogP contribution in [-0.2, 0) is 16.7 Å². The van der Waals surface area contributed by atoms with Gasteiger partial charge in [0, 0.05) is 30.7 Å². The number of piperazine rings is 1. The number of H-pyrrole nitrogens is 1. The summed E-state index contributed by atoms with van der Waals surface area (Å²) >= 11 is 3.32. The number of benzene rings is 2. The van der Waals surface area contributed by atoms with Crippen LogP contribution in [0.15, 0.2) is 62.7 Å². The topological polar surface area (TPSA) is 78.4 Å². The van der Waals surface area contributed by atoms with E-state index in [1.807, 2.05) is 24.3 Å². The third-order valence-electron chi connectivity index (χ3n) is 4.79. The summed E-state index contributed by atoms with van der Waals surface area (Å²) in [6.45, 7) is 2.36. The van der Waals surface area contributed by atoms with Crippen LogP contribution in [0, 0.1) is 0 Å². The second kappa shape index (κ2) is 7.23. The molecule has 1 saturated heterocycles. The Labute approximate surface area is 165 Å². The lowest BCUT2D eigenvalue weighted by Gasteiger charge is -2.34. The lowest BCUT2D eigenvalue weighted by molar-refractivity contribution is 0.152. The number of fused-ring (bicyclic) bond motifs is 1. The number of imidazole rings is 1. The zero-order chi connectivity index (χ0) is 19.0. The van der Waals surface area contributed by atoms with Crippen molar-refractivity contribution in [2.24, 2.45) is 0 Å². The second-order valence-corrected chi connectivity index (χ2v) is 9.35. The van der Waals surface area contributed by atoms with Gasteiger partial charge in [-0.1, -0.05) is 34.1 Å². The Balaban J connectivity index is 1.47. The Hall–Kier alpha value is -1.94. The highest BCUT2D eigenvalue weighted by molar-refractivity contribution is 9.10. The molecule has 1 aliphatic heterocycles. The standard InChI is InChI=1S/C18H19BrN4O3S/c19-14-4-3-5-15(12-14)27(25,26)22-10-8-21(9-11-22)13-23-17-7-2-1-6-16(17)20-18(23)24/h1-7,12H,8-11,13H2,(H,20,24). The monoisotopic (exact) mass is 450 g/mol. The van der Waals surface area contributed by atoms with Crippen molar-refractivity contribution in [1.82, 2.24) is 18.8 Å². The van der Waals surface area contributed by atoms with E-state index in [1.54, 1.807) is 28.8 Å². The summed E-state index contributed by atoms with van der Waals surface area (Å²) in [5.74, 6) is 0. The molecule has 1 aromatic heterocycles. The van der Waals surface area contributed by atoms with Crippen LogP contribution in [-0.4, -0.2) is 53.4 Å². The van der Waals surface area contributed by atoms with Gasteiger partial charge in [0.15, 0.2) is 0 Å². The van der Waals surface area contributed by atoms with E-state index >= 15 is 0 Å².